The van der Waals surface area contributed by atoms with Gasteiger partial charge in [-0.1, -0.05) is 18.0 Å². The Labute approximate surface area is 188 Å². The number of hydrogen-bond acceptors (Lipinski definition) is 6. The van der Waals surface area contributed by atoms with Crippen LogP contribution in [0, 0.1) is 0 Å². The Morgan fingerprint density at radius 2 is 1.61 bits per heavy atom. The molecule has 3 rings (SSSR count). The lowest BCUT2D eigenvalue weighted by Gasteiger charge is -2.25. The first-order valence-corrected chi connectivity index (χ1v) is 13.1. The molecule has 11 heteroatoms. The van der Waals surface area contributed by atoms with Crippen molar-refractivity contribution in [1.29, 1.82) is 0 Å². The monoisotopic (exact) mass is 488 g/mol. The Bertz CT molecular complexity index is 1100. The number of nitrogens with zero attached hydrogens (tertiary/aromatic N) is 1. The fourth-order valence-electron chi connectivity index (χ4n) is 3.20. The molecular formula is C20H25ClN2O6S2. The third-order valence-electron chi connectivity index (χ3n) is 4.87. The number of halogens is 1. The molecule has 0 spiro atoms. The van der Waals surface area contributed by atoms with E-state index in [1.807, 2.05) is 0 Å². The van der Waals surface area contributed by atoms with Gasteiger partial charge in [0.25, 0.3) is 0 Å². The molecule has 8 nitrogen and oxygen atoms in total. The maximum atomic E-state index is 12.7. The molecule has 1 aliphatic heterocycles. The number of rotatable bonds is 9. The van der Waals surface area contributed by atoms with Gasteiger partial charge in [0.15, 0.2) is 0 Å². The molecule has 0 saturated carbocycles. The van der Waals surface area contributed by atoms with Gasteiger partial charge in [-0.25, -0.2) is 21.6 Å². The smallest absolute Gasteiger partial charge is 0.243 e. The molecule has 1 aliphatic rings. The van der Waals surface area contributed by atoms with Crippen molar-refractivity contribution in [3.63, 3.8) is 0 Å². The molecule has 0 aromatic heterocycles. The summed E-state index contributed by atoms with van der Waals surface area (Å²) in [7, 11) is -5.81. The second kappa shape index (κ2) is 10.2. The van der Waals surface area contributed by atoms with E-state index < -0.39 is 20.0 Å². The molecule has 0 amide bonds. The standard InChI is InChI=1S/C20H25ClN2O6S2/c1-28-20-10-9-18(15-19(20)21)30(24,25)22-11-14-29-16-5-7-17(8-6-16)31(26,27)23-12-3-2-4-13-23/h5-10,15,22H,2-4,11-14H2,1H3. The second-order valence-electron chi connectivity index (χ2n) is 6.98. The van der Waals surface area contributed by atoms with Gasteiger partial charge in [0.05, 0.1) is 21.9 Å². The minimum Gasteiger partial charge on any atom is -0.495 e. The number of benzene rings is 2. The first kappa shape index (κ1) is 23.8. The number of nitrogens with one attached hydrogen (secondary N) is 1. The van der Waals surface area contributed by atoms with Gasteiger partial charge in [-0.05, 0) is 55.3 Å². The fourth-order valence-corrected chi connectivity index (χ4v) is 6.08. The summed E-state index contributed by atoms with van der Waals surface area (Å²) in [6.45, 7) is 1.18. The highest BCUT2D eigenvalue weighted by atomic mass is 35.5. The number of piperidine rings is 1. The molecule has 0 aliphatic carbocycles. The zero-order valence-electron chi connectivity index (χ0n) is 17.1. The Balaban J connectivity index is 1.53. The zero-order chi connectivity index (χ0) is 22.5. The van der Waals surface area contributed by atoms with Crippen molar-refractivity contribution in [2.45, 2.75) is 29.1 Å². The zero-order valence-corrected chi connectivity index (χ0v) is 19.5. The molecule has 0 unspecified atom stereocenters. The van der Waals surface area contributed by atoms with Crippen molar-refractivity contribution >= 4 is 31.6 Å². The SMILES string of the molecule is COc1ccc(S(=O)(=O)NCCOc2ccc(S(=O)(=O)N3CCCCC3)cc2)cc1Cl. The van der Waals surface area contributed by atoms with E-state index in [4.69, 9.17) is 21.1 Å². The normalized spacial score (nSPS) is 15.5. The first-order chi connectivity index (χ1) is 14.7. The summed E-state index contributed by atoms with van der Waals surface area (Å²) >= 11 is 5.98. The topological polar surface area (TPSA) is 102 Å². The van der Waals surface area contributed by atoms with Crippen LogP contribution in [0.4, 0.5) is 0 Å². The minimum atomic E-state index is -3.76. The third-order valence-corrected chi connectivity index (χ3v) is 8.54. The van der Waals surface area contributed by atoms with E-state index in [-0.39, 0.29) is 28.0 Å². The van der Waals surface area contributed by atoms with Gasteiger partial charge >= 0.3 is 0 Å². The third kappa shape index (κ3) is 5.89. The van der Waals surface area contributed by atoms with Crippen LogP contribution < -0.4 is 14.2 Å². The lowest BCUT2D eigenvalue weighted by Crippen LogP contribution is -2.35. The predicted octanol–water partition coefficient (Wildman–Crippen LogP) is 2.88. The van der Waals surface area contributed by atoms with Crippen LogP contribution in [0.1, 0.15) is 19.3 Å². The quantitative estimate of drug-likeness (QED) is 0.544. The van der Waals surface area contributed by atoms with Gasteiger partial charge in [-0.2, -0.15) is 4.31 Å². The fraction of sp³-hybridized carbons (Fsp3) is 0.400. The van der Waals surface area contributed by atoms with Crippen molar-refractivity contribution in [1.82, 2.24) is 9.03 Å². The van der Waals surface area contributed by atoms with Crippen LogP contribution in [0.15, 0.2) is 52.3 Å². The van der Waals surface area contributed by atoms with E-state index in [9.17, 15) is 16.8 Å². The van der Waals surface area contributed by atoms with E-state index in [1.165, 1.54) is 41.7 Å². The highest BCUT2D eigenvalue weighted by molar-refractivity contribution is 7.89. The Morgan fingerprint density at radius 1 is 0.968 bits per heavy atom. The second-order valence-corrected chi connectivity index (χ2v) is 11.1. The summed E-state index contributed by atoms with van der Waals surface area (Å²) in [4.78, 5) is 0.240. The Kier molecular flexibility index (Phi) is 7.82. The van der Waals surface area contributed by atoms with E-state index in [0.717, 1.165) is 19.3 Å². The Morgan fingerprint density at radius 3 is 2.23 bits per heavy atom. The summed E-state index contributed by atoms with van der Waals surface area (Å²) in [6, 6.07) is 10.3. The summed E-state index contributed by atoms with van der Waals surface area (Å²) in [5.74, 6) is 0.832. The highest BCUT2D eigenvalue weighted by Crippen LogP contribution is 2.27. The van der Waals surface area contributed by atoms with Crippen molar-refractivity contribution < 1.29 is 26.3 Å². The first-order valence-electron chi connectivity index (χ1n) is 9.80. The van der Waals surface area contributed by atoms with Crippen LogP contribution >= 0.6 is 11.6 Å². The van der Waals surface area contributed by atoms with Crippen LogP contribution in [0.2, 0.25) is 5.02 Å². The summed E-state index contributed by atoms with van der Waals surface area (Å²) in [5.41, 5.74) is 0. The van der Waals surface area contributed by atoms with E-state index in [2.05, 4.69) is 4.72 Å². The lowest BCUT2D eigenvalue weighted by atomic mass is 10.2. The molecule has 2 aromatic carbocycles. The van der Waals surface area contributed by atoms with Crippen molar-refractivity contribution in [3.8, 4) is 11.5 Å². The van der Waals surface area contributed by atoms with E-state index in [1.54, 1.807) is 12.1 Å². The summed E-state index contributed by atoms with van der Waals surface area (Å²) < 4.78 is 64.5. The lowest BCUT2D eigenvalue weighted by molar-refractivity contribution is 0.322. The van der Waals surface area contributed by atoms with Crippen molar-refractivity contribution in [2.75, 3.05) is 33.4 Å². The van der Waals surface area contributed by atoms with Gasteiger partial charge in [0.1, 0.15) is 18.1 Å². The predicted molar refractivity (Wildman–Crippen MR) is 118 cm³/mol. The molecule has 0 radical (unpaired) electrons. The largest absolute Gasteiger partial charge is 0.495 e. The maximum Gasteiger partial charge on any atom is 0.243 e. The maximum absolute atomic E-state index is 12.7. The number of hydrogen-bond donors (Lipinski definition) is 1. The van der Waals surface area contributed by atoms with Crippen LogP contribution in [0.5, 0.6) is 11.5 Å². The van der Waals surface area contributed by atoms with Crippen LogP contribution in [-0.2, 0) is 20.0 Å². The van der Waals surface area contributed by atoms with Crippen molar-refractivity contribution in [3.05, 3.63) is 47.5 Å². The molecule has 0 atom stereocenters. The van der Waals surface area contributed by atoms with Crippen LogP contribution in [0.3, 0.4) is 0 Å². The average Bonchev–Trinajstić information content (AvgIpc) is 2.77. The molecule has 1 heterocycles. The number of methoxy groups -OCH3 is 1. The number of sulfonamides is 2. The minimum absolute atomic E-state index is 0.0190. The Hall–Kier alpha value is -1.85. The van der Waals surface area contributed by atoms with E-state index in [0.29, 0.717) is 24.6 Å². The number of ether oxygens (including phenoxy) is 2. The van der Waals surface area contributed by atoms with Gasteiger partial charge in [0.2, 0.25) is 20.0 Å². The van der Waals surface area contributed by atoms with E-state index >= 15 is 0 Å². The van der Waals surface area contributed by atoms with Crippen molar-refractivity contribution in [2.24, 2.45) is 0 Å². The molecule has 2 aromatic rings. The molecule has 0 bridgehead atoms. The van der Waals surface area contributed by atoms with Gasteiger partial charge in [-0.3, -0.25) is 0 Å². The van der Waals surface area contributed by atoms with Crippen LogP contribution in [-0.4, -0.2) is 54.5 Å². The van der Waals surface area contributed by atoms with Gasteiger partial charge < -0.3 is 9.47 Å². The van der Waals surface area contributed by atoms with Gasteiger partial charge in [0, 0.05) is 19.6 Å². The molecule has 1 N–H and O–H groups in total. The average molecular weight is 489 g/mol. The molecule has 1 saturated heterocycles. The summed E-state index contributed by atoms with van der Waals surface area (Å²) in [5, 5.41) is 0.196. The summed E-state index contributed by atoms with van der Waals surface area (Å²) in [6.07, 6.45) is 2.80. The molecule has 170 valence electrons. The van der Waals surface area contributed by atoms with Gasteiger partial charge in [-0.15, -0.1) is 0 Å². The molecular weight excluding hydrogens is 464 g/mol. The van der Waals surface area contributed by atoms with Crippen LogP contribution in [0.25, 0.3) is 0 Å². The molecule has 31 heavy (non-hydrogen) atoms. The molecule has 1 fully saturated rings. The highest BCUT2D eigenvalue weighted by Gasteiger charge is 2.25.